The lowest BCUT2D eigenvalue weighted by molar-refractivity contribution is 0.0696. The molecule has 2 unspecified atom stereocenters. The zero-order chi connectivity index (χ0) is 13.1. The van der Waals surface area contributed by atoms with Crippen molar-refractivity contribution < 1.29 is 14.6 Å². The molecule has 1 fully saturated rings. The van der Waals surface area contributed by atoms with Crippen molar-refractivity contribution in [3.8, 4) is 0 Å². The lowest BCUT2D eigenvalue weighted by atomic mass is 10.1. The number of aromatic carboxylic acids is 1. The van der Waals surface area contributed by atoms with Gasteiger partial charge in [-0.3, -0.25) is 0 Å². The van der Waals surface area contributed by atoms with Crippen LogP contribution in [0.25, 0.3) is 0 Å². The summed E-state index contributed by atoms with van der Waals surface area (Å²) in [4.78, 5) is 10.9. The van der Waals surface area contributed by atoms with Crippen LogP contribution in [0.4, 0.5) is 5.69 Å². The molecule has 1 aliphatic heterocycles. The van der Waals surface area contributed by atoms with Crippen LogP contribution in [-0.4, -0.2) is 29.8 Å². The molecule has 2 N–H and O–H groups in total. The summed E-state index contributed by atoms with van der Waals surface area (Å²) in [6.45, 7) is 4.85. The molecule has 0 amide bonds. The monoisotopic (exact) mass is 249 g/mol. The molecular formula is C14H19NO3. The highest BCUT2D eigenvalue weighted by molar-refractivity contribution is 5.88. The molecule has 0 radical (unpaired) electrons. The molecule has 1 saturated heterocycles. The zero-order valence-corrected chi connectivity index (χ0v) is 10.8. The largest absolute Gasteiger partial charge is 0.478 e. The summed E-state index contributed by atoms with van der Waals surface area (Å²) >= 11 is 0. The summed E-state index contributed by atoms with van der Waals surface area (Å²) in [7, 11) is 0. The minimum atomic E-state index is -0.892. The predicted molar refractivity (Wildman–Crippen MR) is 70.2 cm³/mol. The first-order valence-electron chi connectivity index (χ1n) is 6.30. The van der Waals surface area contributed by atoms with Crippen molar-refractivity contribution in [2.24, 2.45) is 0 Å². The Hall–Kier alpha value is -1.55. The van der Waals surface area contributed by atoms with Gasteiger partial charge in [-0.25, -0.2) is 4.79 Å². The van der Waals surface area contributed by atoms with Crippen LogP contribution in [0, 0.1) is 6.92 Å². The highest BCUT2D eigenvalue weighted by atomic mass is 16.5. The number of carbonyl (C=O) groups is 1. The van der Waals surface area contributed by atoms with Crippen LogP contribution >= 0.6 is 0 Å². The third kappa shape index (κ3) is 2.82. The smallest absolute Gasteiger partial charge is 0.335 e. The van der Waals surface area contributed by atoms with E-state index in [4.69, 9.17) is 9.84 Å². The first-order chi connectivity index (χ1) is 8.58. The van der Waals surface area contributed by atoms with E-state index in [0.29, 0.717) is 5.56 Å². The van der Waals surface area contributed by atoms with Gasteiger partial charge in [0, 0.05) is 18.3 Å². The second kappa shape index (κ2) is 5.40. The van der Waals surface area contributed by atoms with E-state index in [0.717, 1.165) is 30.7 Å². The summed E-state index contributed by atoms with van der Waals surface area (Å²) in [5.74, 6) is -0.892. The van der Waals surface area contributed by atoms with E-state index >= 15 is 0 Å². The van der Waals surface area contributed by atoms with Crippen molar-refractivity contribution in [2.75, 3.05) is 11.9 Å². The molecule has 2 rings (SSSR count). The van der Waals surface area contributed by atoms with Gasteiger partial charge in [0.05, 0.1) is 11.7 Å². The van der Waals surface area contributed by atoms with Crippen LogP contribution in [0.1, 0.15) is 35.7 Å². The van der Waals surface area contributed by atoms with Crippen LogP contribution in [0.5, 0.6) is 0 Å². The lowest BCUT2D eigenvalue weighted by Gasteiger charge is -2.22. The van der Waals surface area contributed by atoms with Crippen molar-refractivity contribution in [2.45, 2.75) is 38.8 Å². The van der Waals surface area contributed by atoms with E-state index in [9.17, 15) is 4.79 Å². The molecule has 2 atom stereocenters. The lowest BCUT2D eigenvalue weighted by Crippen LogP contribution is -2.30. The highest BCUT2D eigenvalue weighted by Crippen LogP contribution is 2.22. The van der Waals surface area contributed by atoms with Gasteiger partial charge >= 0.3 is 5.97 Å². The molecule has 0 aromatic heterocycles. The Bertz CT molecular complexity index is 439. The maximum Gasteiger partial charge on any atom is 0.335 e. The first kappa shape index (κ1) is 12.9. The summed E-state index contributed by atoms with van der Waals surface area (Å²) in [5, 5.41) is 12.3. The second-order valence-electron chi connectivity index (χ2n) is 4.82. The van der Waals surface area contributed by atoms with Crippen molar-refractivity contribution in [3.63, 3.8) is 0 Å². The first-order valence-corrected chi connectivity index (χ1v) is 6.30. The summed E-state index contributed by atoms with van der Waals surface area (Å²) < 4.78 is 5.63. The Labute approximate surface area is 107 Å². The van der Waals surface area contributed by atoms with Crippen LogP contribution in [0.2, 0.25) is 0 Å². The molecule has 0 aliphatic carbocycles. The quantitative estimate of drug-likeness (QED) is 0.861. The number of hydrogen-bond acceptors (Lipinski definition) is 3. The van der Waals surface area contributed by atoms with Gasteiger partial charge in [0.1, 0.15) is 0 Å². The number of aryl methyl sites for hydroxylation is 1. The Morgan fingerprint density at radius 3 is 2.89 bits per heavy atom. The van der Waals surface area contributed by atoms with E-state index in [2.05, 4.69) is 12.2 Å². The number of nitrogens with one attached hydrogen (secondary N) is 1. The summed E-state index contributed by atoms with van der Waals surface area (Å²) in [6, 6.07) is 5.37. The van der Waals surface area contributed by atoms with E-state index in [-0.39, 0.29) is 12.1 Å². The van der Waals surface area contributed by atoms with E-state index in [1.165, 1.54) is 0 Å². The van der Waals surface area contributed by atoms with E-state index < -0.39 is 5.97 Å². The Balaban J connectivity index is 2.06. The average molecular weight is 249 g/mol. The topological polar surface area (TPSA) is 58.6 Å². The molecule has 98 valence electrons. The minimum absolute atomic E-state index is 0.238. The molecule has 0 saturated carbocycles. The van der Waals surface area contributed by atoms with Gasteiger partial charge < -0.3 is 15.2 Å². The standard InChI is InChI=1S/C14H19NO3/c1-9-8-11(14(16)17)5-6-12(9)15-10(2)13-4-3-7-18-13/h5-6,8,10,13,15H,3-4,7H2,1-2H3,(H,16,17). The fourth-order valence-electron chi connectivity index (χ4n) is 2.29. The SMILES string of the molecule is Cc1cc(C(=O)O)ccc1NC(C)C1CCCO1. The fraction of sp³-hybridized carbons (Fsp3) is 0.500. The molecule has 18 heavy (non-hydrogen) atoms. The van der Waals surface area contributed by atoms with Crippen LogP contribution in [-0.2, 0) is 4.74 Å². The van der Waals surface area contributed by atoms with Gasteiger partial charge in [-0.15, -0.1) is 0 Å². The number of rotatable bonds is 4. The third-order valence-electron chi connectivity index (χ3n) is 3.38. The number of benzene rings is 1. The second-order valence-corrected chi connectivity index (χ2v) is 4.82. The summed E-state index contributed by atoms with van der Waals surface area (Å²) in [5.41, 5.74) is 2.24. The normalized spacial score (nSPS) is 20.7. The molecule has 0 bridgehead atoms. The third-order valence-corrected chi connectivity index (χ3v) is 3.38. The maximum absolute atomic E-state index is 10.9. The van der Waals surface area contributed by atoms with Crippen molar-refractivity contribution in [3.05, 3.63) is 29.3 Å². The molecule has 1 aromatic carbocycles. The Kier molecular flexibility index (Phi) is 3.87. The number of ether oxygens (including phenoxy) is 1. The number of carboxylic acid groups (broad SMARTS) is 1. The average Bonchev–Trinajstić information content (AvgIpc) is 2.85. The van der Waals surface area contributed by atoms with Crippen molar-refractivity contribution in [1.82, 2.24) is 0 Å². The maximum atomic E-state index is 10.9. The number of carboxylic acids is 1. The van der Waals surface area contributed by atoms with Crippen LogP contribution in [0.3, 0.4) is 0 Å². The zero-order valence-electron chi connectivity index (χ0n) is 10.8. The number of anilines is 1. The molecule has 1 aliphatic rings. The van der Waals surface area contributed by atoms with Crippen LogP contribution < -0.4 is 5.32 Å². The van der Waals surface area contributed by atoms with Gasteiger partial charge in [-0.1, -0.05) is 0 Å². The highest BCUT2D eigenvalue weighted by Gasteiger charge is 2.22. The minimum Gasteiger partial charge on any atom is -0.478 e. The molecule has 4 nitrogen and oxygen atoms in total. The fourth-order valence-corrected chi connectivity index (χ4v) is 2.29. The molecule has 4 heteroatoms. The van der Waals surface area contributed by atoms with E-state index in [1.807, 2.05) is 13.0 Å². The van der Waals surface area contributed by atoms with E-state index in [1.54, 1.807) is 12.1 Å². The van der Waals surface area contributed by atoms with Gasteiger partial charge in [-0.2, -0.15) is 0 Å². The number of hydrogen-bond donors (Lipinski definition) is 2. The molecular weight excluding hydrogens is 230 g/mol. The van der Waals surface area contributed by atoms with Gasteiger partial charge in [-0.05, 0) is 50.5 Å². The summed E-state index contributed by atoms with van der Waals surface area (Å²) in [6.07, 6.45) is 2.46. The van der Waals surface area contributed by atoms with Gasteiger partial charge in [0.25, 0.3) is 0 Å². The predicted octanol–water partition coefficient (Wildman–Crippen LogP) is 2.67. The Morgan fingerprint density at radius 2 is 2.33 bits per heavy atom. The molecule has 1 aromatic rings. The molecule has 0 spiro atoms. The van der Waals surface area contributed by atoms with Crippen molar-refractivity contribution >= 4 is 11.7 Å². The van der Waals surface area contributed by atoms with Crippen molar-refractivity contribution in [1.29, 1.82) is 0 Å². The van der Waals surface area contributed by atoms with Gasteiger partial charge in [0.15, 0.2) is 0 Å². The molecule has 1 heterocycles. The van der Waals surface area contributed by atoms with Crippen LogP contribution in [0.15, 0.2) is 18.2 Å². The van der Waals surface area contributed by atoms with Gasteiger partial charge in [0.2, 0.25) is 0 Å². The Morgan fingerprint density at radius 1 is 1.56 bits per heavy atom.